The van der Waals surface area contributed by atoms with E-state index in [1.165, 1.54) is 10.6 Å². The zero-order valence-electron chi connectivity index (χ0n) is 18.4. The maximum atomic E-state index is 2.60. The molecule has 0 bridgehead atoms. The van der Waals surface area contributed by atoms with Crippen molar-refractivity contribution >= 4 is 55.0 Å². The van der Waals surface area contributed by atoms with Crippen LogP contribution in [0.1, 0.15) is 0 Å². The third-order valence-corrected chi connectivity index (χ3v) is 20.4. The average Bonchev–Trinajstić information content (AvgIpc) is 2.88. The summed E-state index contributed by atoms with van der Waals surface area (Å²) < 4.78 is 3.27. The Morgan fingerprint density at radius 1 is 0.545 bits per heavy atom. The van der Waals surface area contributed by atoms with Crippen LogP contribution >= 0.6 is 17.2 Å². The summed E-state index contributed by atoms with van der Waals surface area (Å²) in [5.41, 5.74) is 0.492. The molecule has 0 nitrogen and oxygen atoms in total. The molecule has 4 unspecified atom stereocenters. The third-order valence-electron chi connectivity index (χ3n) is 5.85. The van der Waals surface area contributed by atoms with Crippen LogP contribution in [0.15, 0.2) is 146 Å². The fourth-order valence-electron chi connectivity index (χ4n) is 4.37. The summed E-state index contributed by atoms with van der Waals surface area (Å²) in [6.07, 6.45) is 9.71. The molecule has 5 rings (SSSR count). The number of hydrogen-bond donors (Lipinski definition) is 0. The van der Waals surface area contributed by atoms with Crippen LogP contribution in [0.5, 0.6) is 0 Å². The van der Waals surface area contributed by atoms with Gasteiger partial charge < -0.3 is 0 Å². The van der Waals surface area contributed by atoms with E-state index < -0.39 is 20.2 Å². The summed E-state index contributed by atoms with van der Waals surface area (Å²) in [5, 5.41) is 2.91. The Balaban J connectivity index is 1.69. The summed E-state index contributed by atoms with van der Waals surface area (Å²) in [5.74, 6) is 0. The van der Waals surface area contributed by atoms with Crippen LogP contribution in [0.3, 0.4) is 0 Å². The van der Waals surface area contributed by atoms with Crippen molar-refractivity contribution < 1.29 is 0 Å². The first-order valence-corrected chi connectivity index (χ1v) is 17.2. The van der Waals surface area contributed by atoms with Crippen LogP contribution in [0, 0.1) is 0 Å². The van der Waals surface area contributed by atoms with Gasteiger partial charge in [-0.2, -0.15) is 0 Å². The second kappa shape index (κ2) is 11.0. The number of benzene rings is 4. The molecule has 0 N–H and O–H groups in total. The molecule has 1 aliphatic carbocycles. The molecule has 3 heteroatoms. The van der Waals surface area contributed by atoms with Crippen LogP contribution in [0.25, 0.3) is 0 Å². The Morgan fingerprint density at radius 2 is 1.03 bits per heavy atom. The van der Waals surface area contributed by atoms with E-state index in [9.17, 15) is 0 Å². The van der Waals surface area contributed by atoms with Gasteiger partial charge in [0.2, 0.25) is 0 Å². The van der Waals surface area contributed by atoms with Crippen molar-refractivity contribution in [3.63, 3.8) is 0 Å². The van der Waals surface area contributed by atoms with Gasteiger partial charge in [-0.05, 0) is 0 Å². The molecule has 162 valence electrons. The van der Waals surface area contributed by atoms with Crippen molar-refractivity contribution in [3.8, 4) is 0 Å². The summed E-state index contributed by atoms with van der Waals surface area (Å²) in [6.45, 7) is 0. The quantitative estimate of drug-likeness (QED) is 0.215. The molecule has 0 saturated carbocycles. The second-order valence-corrected chi connectivity index (χ2v) is 19.4. The molecule has 0 aliphatic heterocycles. The van der Waals surface area contributed by atoms with E-state index in [-0.39, 0.29) is 3.10 Å². The van der Waals surface area contributed by atoms with Gasteiger partial charge in [-0.3, -0.25) is 0 Å². The molecule has 0 heterocycles. The molecule has 0 saturated heterocycles. The number of rotatable bonds is 7. The van der Waals surface area contributed by atoms with Gasteiger partial charge in [0.05, 0.1) is 0 Å². The normalized spacial score (nSPS) is 20.3. The number of allylic oxidation sites excluding steroid dienone is 4. The minimum absolute atomic E-state index is 0.135. The molecule has 0 spiro atoms. The van der Waals surface area contributed by atoms with E-state index in [2.05, 4.69) is 146 Å². The van der Waals surface area contributed by atoms with E-state index >= 15 is 0 Å². The van der Waals surface area contributed by atoms with Gasteiger partial charge in [0.15, 0.2) is 0 Å². The number of hydrogen-bond acceptors (Lipinski definition) is 0. The predicted octanol–water partition coefficient (Wildman–Crippen LogP) is 5.08. The molecule has 0 aromatic heterocycles. The molecule has 1 aliphatic rings. The first kappa shape index (κ1) is 22.8. The van der Waals surface area contributed by atoms with Gasteiger partial charge in [0.1, 0.15) is 0 Å². The van der Waals surface area contributed by atoms with Crippen molar-refractivity contribution in [2.75, 3.05) is 0 Å². The molecular formula is C30H27P2Sb. The van der Waals surface area contributed by atoms with Crippen molar-refractivity contribution in [1.82, 2.24) is 0 Å². The fraction of sp³-hybridized carbons (Fsp3) is 0.0667. The van der Waals surface area contributed by atoms with Crippen molar-refractivity contribution in [2.45, 2.75) is 8.76 Å². The van der Waals surface area contributed by atoms with Crippen LogP contribution < -0.4 is 17.6 Å². The molecule has 0 radical (unpaired) electrons. The Hall–Kier alpha value is -1.96. The molecular weight excluding hydrogens is 544 g/mol. The summed E-state index contributed by atoms with van der Waals surface area (Å²) in [6, 6.07) is 45.0. The molecule has 33 heavy (non-hydrogen) atoms. The van der Waals surface area contributed by atoms with E-state index in [1.54, 1.807) is 7.02 Å². The minimum atomic E-state index is -2.27. The summed E-state index contributed by atoms with van der Waals surface area (Å²) in [7, 11) is 1.49. The van der Waals surface area contributed by atoms with Crippen LogP contribution in [0.4, 0.5) is 0 Å². The van der Waals surface area contributed by atoms with Gasteiger partial charge in [-0.25, -0.2) is 0 Å². The average molecular weight is 571 g/mol. The second-order valence-electron chi connectivity index (χ2n) is 8.05. The van der Waals surface area contributed by atoms with Gasteiger partial charge in [0.25, 0.3) is 0 Å². The van der Waals surface area contributed by atoms with Crippen molar-refractivity contribution in [3.05, 3.63) is 146 Å². The third kappa shape index (κ3) is 5.25. The van der Waals surface area contributed by atoms with E-state index in [1.807, 2.05) is 0 Å². The summed E-state index contributed by atoms with van der Waals surface area (Å²) >= 11 is -2.27. The molecule has 4 aromatic rings. The standard InChI is InChI=1S/C18H17P2.2C6H5.Sb/c1-3-9-15(10-4-1)19-17-13-7-8-14-18(17)20-16-11-5-2-6-12-16;2*1-2-4-6-5-3-1;/h1-14,17,19-20H;2*1-5H;. The van der Waals surface area contributed by atoms with E-state index in [0.717, 1.165) is 17.2 Å². The molecule has 4 aromatic carbocycles. The Morgan fingerprint density at radius 3 is 1.58 bits per heavy atom. The summed E-state index contributed by atoms with van der Waals surface area (Å²) in [4.78, 5) is 0. The maximum absolute atomic E-state index is 2.60. The first-order chi connectivity index (χ1) is 16.4. The Kier molecular flexibility index (Phi) is 7.59. The van der Waals surface area contributed by atoms with Crippen LogP contribution in [0.2, 0.25) is 0 Å². The van der Waals surface area contributed by atoms with Crippen molar-refractivity contribution in [2.24, 2.45) is 0 Å². The topological polar surface area (TPSA) is 0 Å². The zero-order chi connectivity index (χ0) is 22.3. The predicted molar refractivity (Wildman–Crippen MR) is 151 cm³/mol. The van der Waals surface area contributed by atoms with E-state index in [0.29, 0.717) is 5.66 Å². The Bertz CT molecular complexity index is 1170. The van der Waals surface area contributed by atoms with Gasteiger partial charge in [-0.15, -0.1) is 0 Å². The van der Waals surface area contributed by atoms with Gasteiger partial charge >= 0.3 is 209 Å². The van der Waals surface area contributed by atoms with Gasteiger partial charge in [0, 0.05) is 0 Å². The molecule has 4 atom stereocenters. The SMILES string of the molecule is C1=CC(Pc2ccccc2)[C](Pc2ccccc2)([Sb]([c]2ccccc2)[c]2ccccc2)C=C1. The molecule has 0 fully saturated rings. The van der Waals surface area contributed by atoms with Gasteiger partial charge in [-0.1, -0.05) is 0 Å². The van der Waals surface area contributed by atoms with Crippen LogP contribution in [-0.4, -0.2) is 29.0 Å². The van der Waals surface area contributed by atoms with E-state index in [4.69, 9.17) is 0 Å². The monoisotopic (exact) mass is 570 g/mol. The fourth-order valence-corrected chi connectivity index (χ4v) is 20.3. The van der Waals surface area contributed by atoms with Crippen LogP contribution in [-0.2, 0) is 0 Å². The molecule has 0 amide bonds. The van der Waals surface area contributed by atoms with Crippen molar-refractivity contribution in [1.29, 1.82) is 0 Å². The Labute approximate surface area is 208 Å². The first-order valence-electron chi connectivity index (χ1n) is 11.3. The zero-order valence-corrected chi connectivity index (χ0v) is 22.9.